The van der Waals surface area contributed by atoms with Gasteiger partial charge in [0.05, 0.1) is 39.4 Å². The Morgan fingerprint density at radius 1 is 0.634 bits per heavy atom. The number of amides is 4. The van der Waals surface area contributed by atoms with E-state index in [4.69, 9.17) is 16.0 Å². The van der Waals surface area contributed by atoms with Gasteiger partial charge >= 0.3 is 29.8 Å². The summed E-state index contributed by atoms with van der Waals surface area (Å²) in [4.78, 5) is 128. The summed E-state index contributed by atoms with van der Waals surface area (Å²) in [5.41, 5.74) is 15.9. The standard InChI is InChI=1S/C11H12O3.C10H11NO3.C6H7N.C5H9NO3.C4H8N2O3.2C4H4O3.CH5N.CH4O/c12-9-14-7-6-11(13)8-10-4-2-1-3-5-10;12-8-11-14-7-10(13)6-9-4-2-1-3-5-9;7-6-4-2-1-3-5-6;1-6-4(7)3-5(8)9-2;1-5-3(7)2-4(8)6-9;2*5-3-1-2-4(6)7-3;2*1-2/h1-5,9H,6-8H2;1-5,8H,6-7H2,(H,11,12);1-5H,7H2;3H2,1-2H3,(H,6,7);9H,2H2,1H3,(H,5,7)(H,6,8);2*1-2H2;2H2,1H3;2H,1H3. The third-order valence-corrected chi connectivity index (χ3v) is 7.28. The average molecular weight is 1010 g/mol. The number of esters is 5. The Morgan fingerprint density at radius 2 is 1.03 bits per heavy atom. The summed E-state index contributed by atoms with van der Waals surface area (Å²) in [6, 6.07) is 28.3. The molecule has 25 nitrogen and oxygen atoms in total. The number of carbonyl (C=O) groups is 12. The number of rotatable bonds is 16. The third-order valence-electron chi connectivity index (χ3n) is 7.28. The van der Waals surface area contributed by atoms with E-state index in [0.717, 1.165) is 23.9 Å². The molecule has 2 aliphatic rings. The number of nitrogens with two attached hydrogens (primary N) is 2. The highest BCUT2D eigenvalue weighted by atomic mass is 16.6. The van der Waals surface area contributed by atoms with E-state index in [1.807, 2.05) is 96.5 Å². The maximum Gasteiger partial charge on any atom is 0.315 e. The number of Topliss-reactive ketones (excluding diaryl/α,β-unsaturated/α-hetero) is 2. The maximum atomic E-state index is 11.3. The molecule has 71 heavy (non-hydrogen) atoms. The molecular formula is C46H64N6O19. The summed E-state index contributed by atoms with van der Waals surface area (Å²) < 4.78 is 16.8. The number of benzene rings is 3. The van der Waals surface area contributed by atoms with E-state index >= 15 is 0 Å². The second-order valence-corrected chi connectivity index (χ2v) is 12.6. The number of aliphatic hydroxyl groups excluding tert-OH is 1. The van der Waals surface area contributed by atoms with Gasteiger partial charge in [0.1, 0.15) is 25.2 Å². The highest BCUT2D eigenvalue weighted by Gasteiger charge is 2.20. The van der Waals surface area contributed by atoms with Gasteiger partial charge in [0.2, 0.25) is 18.2 Å². The van der Waals surface area contributed by atoms with Crippen LogP contribution in [-0.4, -0.2) is 131 Å². The summed E-state index contributed by atoms with van der Waals surface area (Å²) in [7, 11) is 6.61. The number of anilines is 1. The van der Waals surface area contributed by atoms with Crippen molar-refractivity contribution in [2.75, 3.05) is 54.3 Å². The van der Waals surface area contributed by atoms with Gasteiger partial charge in [-0.1, -0.05) is 78.9 Å². The predicted molar refractivity (Wildman–Crippen MR) is 251 cm³/mol. The number of ketones is 2. The fraction of sp³-hybridized carbons (Fsp3) is 0.348. The van der Waals surface area contributed by atoms with Crippen molar-refractivity contribution in [2.24, 2.45) is 5.73 Å². The zero-order chi connectivity index (χ0) is 54.7. The molecule has 4 amide bonds. The first-order valence-corrected chi connectivity index (χ1v) is 20.7. The largest absolute Gasteiger partial charge is 0.469 e. The van der Waals surface area contributed by atoms with Crippen molar-refractivity contribution in [1.29, 1.82) is 0 Å². The zero-order valence-electron chi connectivity index (χ0n) is 40.1. The first-order valence-electron chi connectivity index (χ1n) is 20.7. The van der Waals surface area contributed by atoms with Crippen LogP contribution in [0, 0.1) is 0 Å². The highest BCUT2D eigenvalue weighted by molar-refractivity contribution is 5.96. The SMILES string of the molecule is CN.CNC(=O)CC(=O)NO.CNC(=O)CC(=O)OC.CO.Nc1ccccc1.O=C1CCC(=O)O1.O=C1CCC(=O)O1.O=CNOCC(=O)Cc1ccccc1.O=COCCC(=O)Cc1ccccc1. The van der Waals surface area contributed by atoms with Crippen molar-refractivity contribution < 1.29 is 91.6 Å². The molecule has 0 aliphatic carbocycles. The minimum absolute atomic E-state index is 0.0782. The molecule has 5 rings (SSSR count). The van der Waals surface area contributed by atoms with Gasteiger partial charge in [-0.2, -0.15) is 0 Å². The predicted octanol–water partition coefficient (Wildman–Crippen LogP) is -0.0873. The van der Waals surface area contributed by atoms with Crippen LogP contribution in [0.15, 0.2) is 91.0 Å². The van der Waals surface area contributed by atoms with Crippen LogP contribution in [0.5, 0.6) is 0 Å². The molecule has 3 aromatic rings. The van der Waals surface area contributed by atoms with Gasteiger partial charge in [0.15, 0.2) is 5.78 Å². The number of methoxy groups -OCH3 is 1. The lowest BCUT2D eigenvalue weighted by Crippen LogP contribution is -2.27. The molecule has 25 heteroatoms. The number of hydroxylamine groups is 2. The lowest BCUT2D eigenvalue weighted by molar-refractivity contribution is -0.153. The Hall–Kier alpha value is -8.26. The molecular weight excluding hydrogens is 941 g/mol. The fourth-order valence-corrected chi connectivity index (χ4v) is 4.05. The molecule has 2 aliphatic heterocycles. The number of aliphatic hydroxyl groups is 1. The molecule has 0 spiro atoms. The Labute approximate surface area is 410 Å². The van der Waals surface area contributed by atoms with Crippen LogP contribution < -0.4 is 33.1 Å². The smallest absolute Gasteiger partial charge is 0.315 e. The summed E-state index contributed by atoms with van der Waals surface area (Å²) in [6.07, 6.45) is 1.91. The van der Waals surface area contributed by atoms with E-state index in [0.29, 0.717) is 25.7 Å². The molecule has 0 saturated carbocycles. The van der Waals surface area contributed by atoms with E-state index in [-0.39, 0.29) is 75.6 Å². The molecule has 0 atom stereocenters. The van der Waals surface area contributed by atoms with Crippen LogP contribution in [0.1, 0.15) is 56.1 Å². The number of nitrogens with one attached hydrogen (secondary N) is 4. The number of hydrogen-bond donors (Lipinski definition) is 8. The van der Waals surface area contributed by atoms with Crippen molar-refractivity contribution in [1.82, 2.24) is 21.6 Å². The number of para-hydroxylation sites is 1. The van der Waals surface area contributed by atoms with Crippen molar-refractivity contribution >= 4 is 77.7 Å². The maximum absolute atomic E-state index is 11.3. The Bertz CT molecular complexity index is 1810. The average Bonchev–Trinajstić information content (AvgIpc) is 3.97. The van der Waals surface area contributed by atoms with Crippen LogP contribution in [0.3, 0.4) is 0 Å². The summed E-state index contributed by atoms with van der Waals surface area (Å²) in [6.45, 7) is 0.429. The van der Waals surface area contributed by atoms with Crippen molar-refractivity contribution in [3.63, 3.8) is 0 Å². The molecule has 2 heterocycles. The van der Waals surface area contributed by atoms with Gasteiger partial charge in [-0.05, 0) is 30.3 Å². The zero-order valence-corrected chi connectivity index (χ0v) is 40.1. The molecule has 0 unspecified atom stereocenters. The van der Waals surface area contributed by atoms with Crippen LogP contribution in [0.25, 0.3) is 0 Å². The van der Waals surface area contributed by atoms with Crippen LogP contribution in [-0.2, 0) is 94.2 Å². The van der Waals surface area contributed by atoms with E-state index in [1.54, 1.807) is 0 Å². The Morgan fingerprint density at radius 3 is 1.34 bits per heavy atom. The second-order valence-electron chi connectivity index (χ2n) is 12.6. The van der Waals surface area contributed by atoms with Gasteiger partial charge in [0, 0.05) is 46.2 Å². The van der Waals surface area contributed by atoms with Crippen LogP contribution >= 0.6 is 0 Å². The van der Waals surface area contributed by atoms with E-state index in [1.165, 1.54) is 33.7 Å². The first-order chi connectivity index (χ1) is 34.0. The number of cyclic esters (lactones) is 4. The molecule has 2 fully saturated rings. The van der Waals surface area contributed by atoms with Crippen molar-refractivity contribution in [2.45, 2.75) is 57.8 Å². The molecule has 2 saturated heterocycles. The van der Waals surface area contributed by atoms with Crippen LogP contribution in [0.4, 0.5) is 5.69 Å². The quantitative estimate of drug-likeness (QED) is 0.0136. The van der Waals surface area contributed by atoms with Gasteiger partial charge in [0.25, 0.3) is 12.4 Å². The molecule has 10 N–H and O–H groups in total. The first kappa shape index (κ1) is 69.3. The molecule has 0 aromatic heterocycles. The minimum Gasteiger partial charge on any atom is -0.469 e. The monoisotopic (exact) mass is 1000 g/mol. The Balaban J connectivity index is -0.000000371. The van der Waals surface area contributed by atoms with Crippen molar-refractivity contribution in [3.05, 3.63) is 102 Å². The highest BCUT2D eigenvalue weighted by Crippen LogP contribution is 2.05. The number of carbonyl (C=O) groups excluding carboxylic acids is 12. The number of nitrogen functional groups attached to an aromatic ring is 1. The van der Waals surface area contributed by atoms with E-state index < -0.39 is 41.7 Å². The summed E-state index contributed by atoms with van der Waals surface area (Å²) in [5, 5.41) is 19.4. The molecule has 0 radical (unpaired) electrons. The second kappa shape index (κ2) is 49.6. The van der Waals surface area contributed by atoms with Gasteiger partial charge in [-0.3, -0.25) is 67.6 Å². The molecule has 3 aromatic carbocycles. The normalized spacial score (nSPS) is 10.8. The third kappa shape index (κ3) is 48.0. The fourth-order valence-electron chi connectivity index (χ4n) is 4.05. The van der Waals surface area contributed by atoms with Gasteiger partial charge in [-0.15, -0.1) is 0 Å². The number of ether oxygens (including phenoxy) is 4. The summed E-state index contributed by atoms with van der Waals surface area (Å²) >= 11 is 0. The lowest BCUT2D eigenvalue weighted by Gasteiger charge is -2.00. The Kier molecular flexibility index (Phi) is 48.5. The van der Waals surface area contributed by atoms with Crippen molar-refractivity contribution in [3.8, 4) is 0 Å². The van der Waals surface area contributed by atoms with E-state index in [9.17, 15) is 57.5 Å². The van der Waals surface area contributed by atoms with E-state index in [2.05, 4.69) is 40.2 Å². The van der Waals surface area contributed by atoms with Gasteiger partial charge in [-0.25, -0.2) is 11.0 Å². The topological polar surface area (TPSA) is 392 Å². The van der Waals surface area contributed by atoms with Gasteiger partial charge < -0.3 is 46.2 Å². The lowest BCUT2D eigenvalue weighted by atomic mass is 10.1. The molecule has 0 bridgehead atoms. The number of hydrogen-bond acceptors (Lipinski definition) is 21. The summed E-state index contributed by atoms with van der Waals surface area (Å²) in [5.74, 6) is -3.58. The molecule has 392 valence electrons. The minimum atomic E-state index is -0.714. The van der Waals surface area contributed by atoms with Crippen LogP contribution in [0.2, 0.25) is 0 Å².